The van der Waals surface area contributed by atoms with Gasteiger partial charge in [-0.3, -0.25) is 4.79 Å². The van der Waals surface area contributed by atoms with Crippen LogP contribution < -0.4 is 5.32 Å². The van der Waals surface area contributed by atoms with Gasteiger partial charge in [0.15, 0.2) is 0 Å². The van der Waals surface area contributed by atoms with Crippen LogP contribution in [-0.2, 0) is 27.2 Å². The molecule has 1 aromatic carbocycles. The van der Waals surface area contributed by atoms with Gasteiger partial charge in [0.05, 0.1) is 13.5 Å². The Bertz CT molecular complexity index is 660. The molecule has 2 heterocycles. The lowest BCUT2D eigenvalue weighted by Crippen LogP contribution is -2.44. The highest BCUT2D eigenvalue weighted by molar-refractivity contribution is 5.94. The quantitative estimate of drug-likeness (QED) is 0.747. The Kier molecular flexibility index (Phi) is 2.74. The maximum Gasteiger partial charge on any atom is 0.328 e. The second-order valence-electron chi connectivity index (χ2n) is 4.68. The molecule has 2 aromatic rings. The van der Waals surface area contributed by atoms with Gasteiger partial charge in [0.1, 0.15) is 6.04 Å². The van der Waals surface area contributed by atoms with Crippen molar-refractivity contribution in [2.45, 2.75) is 18.9 Å². The summed E-state index contributed by atoms with van der Waals surface area (Å²) in [7, 11) is 1.33. The fraction of sp³-hybridized carbons (Fsp3) is 0.286. The van der Waals surface area contributed by atoms with Crippen molar-refractivity contribution < 1.29 is 14.3 Å². The van der Waals surface area contributed by atoms with Crippen molar-refractivity contribution in [1.29, 1.82) is 0 Å². The molecule has 3 rings (SSSR count). The Morgan fingerprint density at radius 1 is 1.37 bits per heavy atom. The van der Waals surface area contributed by atoms with Crippen molar-refractivity contribution in [1.82, 2.24) is 10.3 Å². The normalized spacial score (nSPS) is 18.6. The van der Waals surface area contributed by atoms with Gasteiger partial charge < -0.3 is 15.0 Å². The molecule has 1 atom stereocenters. The number of carbonyl (C=O) groups excluding carboxylic acids is 2. The first-order valence-electron chi connectivity index (χ1n) is 6.14. The van der Waals surface area contributed by atoms with E-state index < -0.39 is 12.0 Å². The van der Waals surface area contributed by atoms with Crippen molar-refractivity contribution in [3.63, 3.8) is 0 Å². The molecule has 2 N–H and O–H groups in total. The minimum Gasteiger partial charge on any atom is -0.467 e. The first-order valence-corrected chi connectivity index (χ1v) is 6.14. The second-order valence-corrected chi connectivity index (χ2v) is 4.68. The molecule has 1 aromatic heterocycles. The third kappa shape index (κ3) is 1.97. The second kappa shape index (κ2) is 4.42. The Balaban J connectivity index is 2.11. The zero-order valence-corrected chi connectivity index (χ0v) is 10.5. The van der Waals surface area contributed by atoms with Crippen molar-refractivity contribution >= 4 is 22.8 Å². The number of amides is 1. The van der Waals surface area contributed by atoms with Crippen molar-refractivity contribution in [3.05, 3.63) is 35.5 Å². The molecular formula is C14H14N2O3. The van der Waals surface area contributed by atoms with E-state index in [1.165, 1.54) is 7.11 Å². The van der Waals surface area contributed by atoms with E-state index in [4.69, 9.17) is 4.74 Å². The van der Waals surface area contributed by atoms with E-state index >= 15 is 0 Å². The van der Waals surface area contributed by atoms with Gasteiger partial charge in [0, 0.05) is 23.5 Å². The number of methoxy groups -OCH3 is 1. The minimum atomic E-state index is -0.621. The van der Waals surface area contributed by atoms with E-state index in [1.54, 1.807) is 0 Å². The minimum absolute atomic E-state index is 0.158. The Hall–Kier alpha value is -2.30. The topological polar surface area (TPSA) is 71.2 Å². The Morgan fingerprint density at radius 2 is 2.21 bits per heavy atom. The summed E-state index contributed by atoms with van der Waals surface area (Å²) in [4.78, 5) is 26.8. The molecular weight excluding hydrogens is 244 g/mol. The van der Waals surface area contributed by atoms with Crippen LogP contribution in [0.2, 0.25) is 0 Å². The van der Waals surface area contributed by atoms with Gasteiger partial charge in [-0.25, -0.2) is 4.79 Å². The van der Waals surface area contributed by atoms with Gasteiger partial charge in [-0.15, -0.1) is 0 Å². The van der Waals surface area contributed by atoms with Crippen LogP contribution in [0.5, 0.6) is 0 Å². The fourth-order valence-corrected chi connectivity index (χ4v) is 2.62. The van der Waals surface area contributed by atoms with E-state index in [-0.39, 0.29) is 12.3 Å². The van der Waals surface area contributed by atoms with Crippen LogP contribution in [-0.4, -0.2) is 30.0 Å². The predicted molar refractivity (Wildman–Crippen MR) is 69.7 cm³/mol. The van der Waals surface area contributed by atoms with Crippen molar-refractivity contribution in [2.24, 2.45) is 0 Å². The summed E-state index contributed by atoms with van der Waals surface area (Å²) < 4.78 is 4.73. The molecule has 0 saturated carbocycles. The highest BCUT2D eigenvalue weighted by Crippen LogP contribution is 2.25. The monoisotopic (exact) mass is 258 g/mol. The van der Waals surface area contributed by atoms with E-state index in [0.717, 1.165) is 22.0 Å². The summed E-state index contributed by atoms with van der Waals surface area (Å²) in [5.41, 5.74) is 3.00. The number of aromatic amines is 1. The maximum atomic E-state index is 11.9. The molecule has 0 unspecified atom stereocenters. The van der Waals surface area contributed by atoms with Gasteiger partial charge in [0.25, 0.3) is 0 Å². The number of rotatable bonds is 1. The molecule has 5 nitrogen and oxygen atoms in total. The summed E-state index contributed by atoms with van der Waals surface area (Å²) in [5.74, 6) is -0.572. The molecule has 1 amide bonds. The van der Waals surface area contributed by atoms with Gasteiger partial charge in [-0.05, 0) is 17.2 Å². The molecule has 19 heavy (non-hydrogen) atoms. The Morgan fingerprint density at radius 3 is 3.00 bits per heavy atom. The number of carbonyl (C=O) groups is 2. The number of hydrogen-bond donors (Lipinski definition) is 2. The number of benzene rings is 1. The molecule has 0 saturated heterocycles. The standard InChI is InChI=1S/C14H14N2O3/c1-19-14(18)11-5-9-7-15-10-4-2-3-8(13(9)10)6-12(17)16-11/h2-4,7,11,15H,5-6H2,1H3,(H,16,17)/t11-/m0/s1. The van der Waals surface area contributed by atoms with Gasteiger partial charge >= 0.3 is 5.97 Å². The molecule has 0 bridgehead atoms. The van der Waals surface area contributed by atoms with Gasteiger partial charge in [-0.1, -0.05) is 12.1 Å². The first kappa shape index (κ1) is 11.8. The molecule has 1 aliphatic rings. The van der Waals surface area contributed by atoms with Crippen LogP contribution in [0, 0.1) is 0 Å². The Labute approximate surface area is 109 Å². The highest BCUT2D eigenvalue weighted by atomic mass is 16.5. The third-order valence-electron chi connectivity index (χ3n) is 3.47. The van der Waals surface area contributed by atoms with Crippen LogP contribution >= 0.6 is 0 Å². The van der Waals surface area contributed by atoms with Gasteiger partial charge in [-0.2, -0.15) is 0 Å². The lowest BCUT2D eigenvalue weighted by Gasteiger charge is -2.19. The summed E-state index contributed by atoms with van der Waals surface area (Å²) in [6, 6.07) is 5.21. The van der Waals surface area contributed by atoms with E-state index in [0.29, 0.717) is 6.42 Å². The van der Waals surface area contributed by atoms with E-state index in [9.17, 15) is 9.59 Å². The fourth-order valence-electron chi connectivity index (χ4n) is 2.62. The number of nitrogens with one attached hydrogen (secondary N) is 2. The molecule has 0 aliphatic carbocycles. The summed E-state index contributed by atoms with van der Waals surface area (Å²) in [6.07, 6.45) is 2.60. The number of H-pyrrole nitrogens is 1. The number of aromatic nitrogens is 1. The molecule has 0 fully saturated rings. The average Bonchev–Trinajstić information content (AvgIpc) is 2.79. The SMILES string of the molecule is COC(=O)[C@@H]1Cc2c[nH]c3cccc(c23)CC(=O)N1. The predicted octanol–water partition coefficient (Wildman–Crippen LogP) is 0.924. The largest absolute Gasteiger partial charge is 0.467 e. The zero-order chi connectivity index (χ0) is 13.4. The van der Waals surface area contributed by atoms with Crippen molar-refractivity contribution in [3.8, 4) is 0 Å². The highest BCUT2D eigenvalue weighted by Gasteiger charge is 2.26. The molecule has 5 heteroatoms. The van der Waals surface area contributed by atoms with Crippen LogP contribution in [0.1, 0.15) is 11.1 Å². The zero-order valence-electron chi connectivity index (χ0n) is 10.5. The van der Waals surface area contributed by atoms with Crippen LogP contribution in [0.3, 0.4) is 0 Å². The van der Waals surface area contributed by atoms with Crippen LogP contribution in [0.4, 0.5) is 0 Å². The molecule has 98 valence electrons. The maximum absolute atomic E-state index is 11.9. The lowest BCUT2D eigenvalue weighted by atomic mass is 9.96. The molecule has 1 aliphatic heterocycles. The number of esters is 1. The third-order valence-corrected chi connectivity index (χ3v) is 3.47. The van der Waals surface area contributed by atoms with E-state index in [1.807, 2.05) is 24.4 Å². The first-order chi connectivity index (χ1) is 9.19. The number of ether oxygens (including phenoxy) is 1. The van der Waals surface area contributed by atoms with Crippen LogP contribution in [0.25, 0.3) is 10.9 Å². The summed E-state index contributed by atoms with van der Waals surface area (Å²) in [5, 5.41) is 3.76. The summed E-state index contributed by atoms with van der Waals surface area (Å²) >= 11 is 0. The smallest absolute Gasteiger partial charge is 0.328 e. The van der Waals surface area contributed by atoms with Crippen molar-refractivity contribution in [2.75, 3.05) is 7.11 Å². The van der Waals surface area contributed by atoms with Gasteiger partial charge in [0.2, 0.25) is 5.91 Å². The summed E-state index contributed by atoms with van der Waals surface area (Å²) in [6.45, 7) is 0. The van der Waals surface area contributed by atoms with E-state index in [2.05, 4.69) is 10.3 Å². The molecule has 0 spiro atoms. The number of hydrogen-bond acceptors (Lipinski definition) is 3. The average molecular weight is 258 g/mol. The lowest BCUT2D eigenvalue weighted by molar-refractivity contribution is -0.145. The van der Waals surface area contributed by atoms with Crippen LogP contribution in [0.15, 0.2) is 24.4 Å². The molecule has 0 radical (unpaired) electrons.